The Labute approximate surface area is 115 Å². The average Bonchev–Trinajstić information content (AvgIpc) is 2.34. The van der Waals surface area contributed by atoms with Crippen LogP contribution in [0.1, 0.15) is 46.0 Å². The van der Waals surface area contributed by atoms with Crippen LogP contribution >= 0.6 is 15.9 Å². The van der Waals surface area contributed by atoms with E-state index >= 15 is 0 Å². The molecule has 0 amide bonds. The predicted molar refractivity (Wildman–Crippen MR) is 77.9 cm³/mol. The Morgan fingerprint density at radius 3 is 2.47 bits per heavy atom. The summed E-state index contributed by atoms with van der Waals surface area (Å²) in [6.45, 7) is 8.46. The van der Waals surface area contributed by atoms with Crippen LogP contribution in [-0.4, -0.2) is 42.6 Å². The third-order valence-electron chi connectivity index (χ3n) is 3.44. The van der Waals surface area contributed by atoms with Crippen LogP contribution in [0.4, 0.5) is 0 Å². The van der Waals surface area contributed by atoms with Crippen LogP contribution in [0.25, 0.3) is 0 Å². The summed E-state index contributed by atoms with van der Waals surface area (Å²) in [4.78, 5) is 2.62. The van der Waals surface area contributed by atoms with Gasteiger partial charge in [-0.1, -0.05) is 49.0 Å². The molecule has 0 bridgehead atoms. The van der Waals surface area contributed by atoms with Gasteiger partial charge < -0.3 is 4.74 Å². The Bertz CT molecular complexity index is 181. The van der Waals surface area contributed by atoms with Crippen molar-refractivity contribution in [3.8, 4) is 0 Å². The van der Waals surface area contributed by atoms with Crippen LogP contribution in [-0.2, 0) is 4.74 Å². The molecule has 0 saturated heterocycles. The summed E-state index contributed by atoms with van der Waals surface area (Å²) in [5.74, 6) is 0.648. The van der Waals surface area contributed by atoms with Crippen LogP contribution in [0.15, 0.2) is 0 Å². The lowest BCUT2D eigenvalue weighted by Crippen LogP contribution is -2.40. The second-order valence-electron chi connectivity index (χ2n) is 5.49. The molecule has 102 valence electrons. The summed E-state index contributed by atoms with van der Waals surface area (Å²) < 4.78 is 5.71. The van der Waals surface area contributed by atoms with E-state index in [1.807, 2.05) is 0 Å². The van der Waals surface area contributed by atoms with Crippen molar-refractivity contribution >= 4 is 15.9 Å². The number of rotatable bonds is 8. The molecule has 0 atom stereocenters. The molecule has 1 rings (SSSR count). The van der Waals surface area contributed by atoms with Crippen molar-refractivity contribution in [2.24, 2.45) is 5.92 Å². The number of hydrogen-bond donors (Lipinski definition) is 0. The highest BCUT2D eigenvalue weighted by molar-refractivity contribution is 9.09. The van der Waals surface area contributed by atoms with Gasteiger partial charge in [0, 0.05) is 31.1 Å². The topological polar surface area (TPSA) is 12.5 Å². The van der Waals surface area contributed by atoms with Crippen molar-refractivity contribution in [1.82, 2.24) is 4.90 Å². The van der Waals surface area contributed by atoms with Gasteiger partial charge in [0.2, 0.25) is 0 Å². The van der Waals surface area contributed by atoms with Gasteiger partial charge in [-0.05, 0) is 18.8 Å². The summed E-state index contributed by atoms with van der Waals surface area (Å²) in [6.07, 6.45) is 7.03. The van der Waals surface area contributed by atoms with Gasteiger partial charge in [-0.25, -0.2) is 0 Å². The predicted octanol–water partition coefficient (Wildman–Crippen LogP) is 3.69. The third-order valence-corrected chi connectivity index (χ3v) is 3.79. The van der Waals surface area contributed by atoms with Gasteiger partial charge in [0.15, 0.2) is 0 Å². The van der Waals surface area contributed by atoms with E-state index in [-0.39, 0.29) is 0 Å². The molecule has 0 N–H and O–H groups in total. The molecule has 0 aromatic heterocycles. The number of hydrogen-bond acceptors (Lipinski definition) is 2. The smallest absolute Gasteiger partial charge is 0.0593 e. The first-order valence-electron chi connectivity index (χ1n) is 7.11. The van der Waals surface area contributed by atoms with Crippen molar-refractivity contribution in [1.29, 1.82) is 0 Å². The highest BCUT2D eigenvalue weighted by Crippen LogP contribution is 2.22. The molecule has 0 radical (unpaired) electrons. The fourth-order valence-corrected chi connectivity index (χ4v) is 2.99. The average molecular weight is 306 g/mol. The van der Waals surface area contributed by atoms with Crippen LogP contribution in [0.2, 0.25) is 0 Å². The molecule has 0 aliphatic heterocycles. The monoisotopic (exact) mass is 305 g/mol. The van der Waals surface area contributed by atoms with E-state index in [4.69, 9.17) is 4.74 Å². The molecule has 1 fully saturated rings. The summed E-state index contributed by atoms with van der Waals surface area (Å²) >= 11 is 3.57. The van der Waals surface area contributed by atoms with Gasteiger partial charge in [-0.15, -0.1) is 0 Å². The fraction of sp³-hybridized carbons (Fsp3) is 1.00. The molecule has 0 aromatic rings. The summed E-state index contributed by atoms with van der Waals surface area (Å²) in [5.41, 5.74) is 0. The quantitative estimate of drug-likeness (QED) is 0.501. The van der Waals surface area contributed by atoms with Crippen LogP contribution in [0, 0.1) is 5.92 Å². The Kier molecular flexibility index (Phi) is 8.50. The van der Waals surface area contributed by atoms with Gasteiger partial charge in [-0.3, -0.25) is 4.90 Å². The molecule has 1 aliphatic rings. The fourth-order valence-electron chi connectivity index (χ4n) is 2.53. The second kappa shape index (κ2) is 9.35. The maximum Gasteiger partial charge on any atom is 0.0593 e. The number of nitrogens with zero attached hydrogens (tertiary/aromatic N) is 1. The first-order valence-corrected chi connectivity index (χ1v) is 8.24. The van der Waals surface area contributed by atoms with Gasteiger partial charge in [0.05, 0.1) is 6.61 Å². The van der Waals surface area contributed by atoms with Crippen LogP contribution in [0.3, 0.4) is 0 Å². The van der Waals surface area contributed by atoms with E-state index in [0.29, 0.717) is 5.92 Å². The zero-order valence-electron chi connectivity index (χ0n) is 11.5. The Morgan fingerprint density at radius 1 is 1.18 bits per heavy atom. The van der Waals surface area contributed by atoms with Crippen molar-refractivity contribution in [2.75, 3.05) is 31.6 Å². The van der Waals surface area contributed by atoms with Crippen molar-refractivity contribution < 1.29 is 4.74 Å². The molecule has 0 aromatic carbocycles. The number of halogens is 1. The van der Waals surface area contributed by atoms with Crippen molar-refractivity contribution in [3.63, 3.8) is 0 Å². The molecule has 0 unspecified atom stereocenters. The summed E-state index contributed by atoms with van der Waals surface area (Å²) in [5, 5.41) is 1.08. The lowest BCUT2D eigenvalue weighted by atomic mass is 9.94. The largest absolute Gasteiger partial charge is 0.380 e. The normalized spacial score (nSPS) is 18.2. The lowest BCUT2D eigenvalue weighted by Gasteiger charge is -2.33. The molecule has 3 heteroatoms. The van der Waals surface area contributed by atoms with Crippen molar-refractivity contribution in [2.45, 2.75) is 52.0 Å². The maximum absolute atomic E-state index is 5.71. The highest BCUT2D eigenvalue weighted by atomic mass is 79.9. The Balaban J connectivity index is 2.21. The summed E-state index contributed by atoms with van der Waals surface area (Å²) in [6, 6.07) is 0.809. The molecule has 1 aliphatic carbocycles. The molecule has 17 heavy (non-hydrogen) atoms. The second-order valence-corrected chi connectivity index (χ2v) is 6.28. The molecular weight excluding hydrogens is 278 g/mol. The standard InChI is InChI=1S/C14H28BrNO/c1-13(2)12-17-11-10-16(9-8-15)14-6-4-3-5-7-14/h13-14H,3-12H2,1-2H3. The van der Waals surface area contributed by atoms with E-state index < -0.39 is 0 Å². The number of alkyl halides is 1. The van der Waals surface area contributed by atoms with Gasteiger partial charge >= 0.3 is 0 Å². The Hall–Kier alpha value is 0.400. The van der Waals surface area contributed by atoms with E-state index in [1.54, 1.807) is 0 Å². The molecule has 1 saturated carbocycles. The zero-order valence-corrected chi connectivity index (χ0v) is 13.0. The van der Waals surface area contributed by atoms with E-state index in [9.17, 15) is 0 Å². The SMILES string of the molecule is CC(C)COCCN(CCBr)C1CCCCC1. The number of ether oxygens (including phenoxy) is 1. The Morgan fingerprint density at radius 2 is 1.88 bits per heavy atom. The van der Waals surface area contributed by atoms with Crippen molar-refractivity contribution in [3.05, 3.63) is 0 Å². The van der Waals surface area contributed by atoms with Crippen LogP contribution < -0.4 is 0 Å². The maximum atomic E-state index is 5.71. The minimum atomic E-state index is 0.648. The zero-order chi connectivity index (χ0) is 12.5. The molecular formula is C14H28BrNO. The molecule has 0 spiro atoms. The third kappa shape index (κ3) is 6.78. The molecule has 0 heterocycles. The van der Waals surface area contributed by atoms with E-state index in [0.717, 1.165) is 37.7 Å². The highest BCUT2D eigenvalue weighted by Gasteiger charge is 2.20. The van der Waals surface area contributed by atoms with E-state index in [1.165, 1.54) is 32.1 Å². The summed E-state index contributed by atoms with van der Waals surface area (Å²) in [7, 11) is 0. The van der Waals surface area contributed by atoms with E-state index in [2.05, 4.69) is 34.7 Å². The van der Waals surface area contributed by atoms with Gasteiger partial charge in [-0.2, -0.15) is 0 Å². The molecule has 2 nitrogen and oxygen atoms in total. The lowest BCUT2D eigenvalue weighted by molar-refractivity contribution is 0.0669. The van der Waals surface area contributed by atoms with Crippen LogP contribution in [0.5, 0.6) is 0 Å². The van der Waals surface area contributed by atoms with Gasteiger partial charge in [0.1, 0.15) is 0 Å². The van der Waals surface area contributed by atoms with Gasteiger partial charge in [0.25, 0.3) is 0 Å². The first-order chi connectivity index (χ1) is 8.24. The minimum Gasteiger partial charge on any atom is -0.380 e. The first kappa shape index (κ1) is 15.5. The minimum absolute atomic E-state index is 0.648.